The van der Waals surface area contributed by atoms with Gasteiger partial charge in [-0.05, 0) is 24.6 Å². The largest absolute Gasteiger partial charge is 0.463 e. The predicted octanol–water partition coefficient (Wildman–Crippen LogP) is 1.80. The molecular formula is C10H10FNO2. The number of carbonyl (C=O) groups is 1. The van der Waals surface area contributed by atoms with Crippen molar-refractivity contribution >= 4 is 12.0 Å². The smallest absolute Gasteiger partial charge is 0.330 e. The molecule has 0 atom stereocenters. The Kier molecular flexibility index (Phi) is 3.79. The minimum absolute atomic E-state index is 0.324. The molecule has 74 valence electrons. The fourth-order valence-electron chi connectivity index (χ4n) is 0.874. The number of esters is 1. The van der Waals surface area contributed by atoms with Gasteiger partial charge in [0, 0.05) is 12.3 Å². The molecule has 0 amide bonds. The Hall–Kier alpha value is -1.71. The molecule has 1 heterocycles. The molecule has 4 heteroatoms. The van der Waals surface area contributed by atoms with Crippen molar-refractivity contribution in [2.24, 2.45) is 0 Å². The van der Waals surface area contributed by atoms with Crippen LogP contribution in [0, 0.1) is 5.82 Å². The standard InChI is InChI=1S/C10H10FNO2/c1-2-14-10(13)4-3-8-5-9(11)7-12-6-8/h3-7H,2H2,1H3/b4-3+. The summed E-state index contributed by atoms with van der Waals surface area (Å²) in [6, 6.07) is 1.28. The first-order valence-corrected chi connectivity index (χ1v) is 4.17. The van der Waals surface area contributed by atoms with Crippen LogP contribution in [0.5, 0.6) is 0 Å². The molecule has 0 aliphatic carbocycles. The third-order valence-electron chi connectivity index (χ3n) is 1.42. The predicted molar refractivity (Wildman–Crippen MR) is 49.9 cm³/mol. The highest BCUT2D eigenvalue weighted by atomic mass is 19.1. The Morgan fingerprint density at radius 3 is 3.07 bits per heavy atom. The normalized spacial score (nSPS) is 10.4. The van der Waals surface area contributed by atoms with Gasteiger partial charge in [0.1, 0.15) is 5.82 Å². The van der Waals surface area contributed by atoms with E-state index >= 15 is 0 Å². The van der Waals surface area contributed by atoms with Crippen LogP contribution in [0.1, 0.15) is 12.5 Å². The zero-order chi connectivity index (χ0) is 10.4. The fraction of sp³-hybridized carbons (Fsp3) is 0.200. The lowest BCUT2D eigenvalue weighted by atomic mass is 10.2. The van der Waals surface area contributed by atoms with Crippen molar-refractivity contribution in [1.82, 2.24) is 4.98 Å². The van der Waals surface area contributed by atoms with E-state index in [4.69, 9.17) is 0 Å². The van der Waals surface area contributed by atoms with Crippen LogP contribution in [0.25, 0.3) is 6.08 Å². The SMILES string of the molecule is CCOC(=O)/C=C/c1cncc(F)c1. The van der Waals surface area contributed by atoms with Crippen molar-refractivity contribution in [3.05, 3.63) is 35.9 Å². The van der Waals surface area contributed by atoms with E-state index in [1.807, 2.05) is 0 Å². The molecule has 0 bridgehead atoms. The van der Waals surface area contributed by atoms with E-state index in [1.165, 1.54) is 24.4 Å². The van der Waals surface area contributed by atoms with Gasteiger partial charge in [-0.15, -0.1) is 0 Å². The second-order valence-electron chi connectivity index (χ2n) is 2.52. The minimum atomic E-state index is -0.447. The first-order valence-electron chi connectivity index (χ1n) is 4.17. The summed E-state index contributed by atoms with van der Waals surface area (Å²) in [5.41, 5.74) is 0.526. The highest BCUT2D eigenvalue weighted by molar-refractivity contribution is 5.86. The van der Waals surface area contributed by atoms with Gasteiger partial charge in [-0.1, -0.05) is 0 Å². The molecule has 0 saturated heterocycles. The molecule has 14 heavy (non-hydrogen) atoms. The van der Waals surface area contributed by atoms with Crippen LogP contribution in [0.2, 0.25) is 0 Å². The highest BCUT2D eigenvalue weighted by Crippen LogP contribution is 2.02. The van der Waals surface area contributed by atoms with Crippen molar-refractivity contribution in [3.63, 3.8) is 0 Å². The fourth-order valence-corrected chi connectivity index (χ4v) is 0.874. The summed E-state index contributed by atoms with van der Waals surface area (Å²) in [4.78, 5) is 14.5. The van der Waals surface area contributed by atoms with Gasteiger partial charge in [-0.2, -0.15) is 0 Å². The summed E-state index contributed by atoms with van der Waals surface area (Å²) in [6.45, 7) is 2.04. The van der Waals surface area contributed by atoms with Crippen molar-refractivity contribution in [2.75, 3.05) is 6.61 Å². The maximum absolute atomic E-state index is 12.6. The highest BCUT2D eigenvalue weighted by Gasteiger charge is 1.95. The van der Waals surface area contributed by atoms with E-state index < -0.39 is 11.8 Å². The van der Waals surface area contributed by atoms with Crippen molar-refractivity contribution < 1.29 is 13.9 Å². The zero-order valence-corrected chi connectivity index (χ0v) is 7.74. The number of pyridine rings is 1. The average Bonchev–Trinajstić information content (AvgIpc) is 2.15. The second kappa shape index (κ2) is 5.11. The van der Waals surface area contributed by atoms with Gasteiger partial charge in [0.15, 0.2) is 0 Å². The van der Waals surface area contributed by atoms with E-state index in [-0.39, 0.29) is 0 Å². The topological polar surface area (TPSA) is 39.2 Å². The van der Waals surface area contributed by atoms with Crippen LogP contribution in [0.15, 0.2) is 24.5 Å². The number of nitrogens with zero attached hydrogens (tertiary/aromatic N) is 1. The maximum atomic E-state index is 12.6. The second-order valence-corrected chi connectivity index (χ2v) is 2.52. The first-order chi connectivity index (χ1) is 6.72. The van der Waals surface area contributed by atoms with Crippen molar-refractivity contribution in [1.29, 1.82) is 0 Å². The molecule has 0 fully saturated rings. The lowest BCUT2D eigenvalue weighted by Gasteiger charge is -1.95. The Balaban J connectivity index is 2.64. The molecule has 1 rings (SSSR count). The van der Waals surface area contributed by atoms with Crippen LogP contribution < -0.4 is 0 Å². The van der Waals surface area contributed by atoms with Crippen LogP contribution in [-0.4, -0.2) is 17.6 Å². The molecular weight excluding hydrogens is 185 g/mol. The Labute approximate surface area is 81.2 Å². The van der Waals surface area contributed by atoms with Gasteiger partial charge in [0.2, 0.25) is 0 Å². The van der Waals surface area contributed by atoms with Crippen LogP contribution in [-0.2, 0) is 9.53 Å². The van der Waals surface area contributed by atoms with Crippen LogP contribution in [0.3, 0.4) is 0 Å². The quantitative estimate of drug-likeness (QED) is 0.545. The van der Waals surface area contributed by atoms with E-state index in [9.17, 15) is 9.18 Å². The van der Waals surface area contributed by atoms with Crippen LogP contribution in [0.4, 0.5) is 4.39 Å². The third kappa shape index (κ3) is 3.35. The van der Waals surface area contributed by atoms with E-state index in [0.29, 0.717) is 12.2 Å². The number of halogens is 1. The molecule has 0 spiro atoms. The number of hydrogen-bond donors (Lipinski definition) is 0. The molecule has 0 saturated carbocycles. The molecule has 1 aromatic heterocycles. The molecule has 1 aromatic rings. The van der Waals surface area contributed by atoms with Gasteiger partial charge >= 0.3 is 5.97 Å². The maximum Gasteiger partial charge on any atom is 0.330 e. The number of aromatic nitrogens is 1. The summed E-state index contributed by atoms with van der Waals surface area (Å²) < 4.78 is 17.3. The monoisotopic (exact) mass is 195 g/mol. The number of ether oxygens (including phenoxy) is 1. The van der Waals surface area contributed by atoms with Crippen molar-refractivity contribution in [2.45, 2.75) is 6.92 Å². The Morgan fingerprint density at radius 1 is 1.64 bits per heavy atom. The van der Waals surface area contributed by atoms with Crippen molar-refractivity contribution in [3.8, 4) is 0 Å². The minimum Gasteiger partial charge on any atom is -0.463 e. The molecule has 3 nitrogen and oxygen atoms in total. The van der Waals surface area contributed by atoms with E-state index in [0.717, 1.165) is 6.20 Å². The van der Waals surface area contributed by atoms with E-state index in [1.54, 1.807) is 6.92 Å². The van der Waals surface area contributed by atoms with Gasteiger partial charge < -0.3 is 4.74 Å². The number of hydrogen-bond acceptors (Lipinski definition) is 3. The lowest BCUT2D eigenvalue weighted by molar-refractivity contribution is -0.137. The summed E-state index contributed by atoms with van der Waals surface area (Å²) in [5.74, 6) is -0.882. The van der Waals surface area contributed by atoms with Crippen LogP contribution >= 0.6 is 0 Å². The summed E-state index contributed by atoms with van der Waals surface area (Å²) in [5, 5.41) is 0. The number of carbonyl (C=O) groups excluding carboxylic acids is 1. The van der Waals surface area contributed by atoms with E-state index in [2.05, 4.69) is 9.72 Å². The lowest BCUT2D eigenvalue weighted by Crippen LogP contribution is -1.98. The Bertz CT molecular complexity index is 350. The zero-order valence-electron chi connectivity index (χ0n) is 7.74. The summed E-state index contributed by atoms with van der Waals surface area (Å²) in [6.07, 6.45) is 5.24. The van der Waals surface area contributed by atoms with Gasteiger partial charge in [0.05, 0.1) is 12.8 Å². The Morgan fingerprint density at radius 2 is 2.43 bits per heavy atom. The molecule has 0 unspecified atom stereocenters. The molecule has 0 N–H and O–H groups in total. The van der Waals surface area contributed by atoms with Gasteiger partial charge in [0.25, 0.3) is 0 Å². The summed E-state index contributed by atoms with van der Waals surface area (Å²) >= 11 is 0. The molecule has 0 aromatic carbocycles. The molecule has 0 aliphatic rings. The number of rotatable bonds is 3. The molecule has 0 radical (unpaired) electrons. The first kappa shape index (κ1) is 10.4. The molecule has 0 aliphatic heterocycles. The van der Waals surface area contributed by atoms with Gasteiger partial charge in [-0.25, -0.2) is 9.18 Å². The average molecular weight is 195 g/mol. The third-order valence-corrected chi connectivity index (χ3v) is 1.42. The van der Waals surface area contributed by atoms with Gasteiger partial charge in [-0.3, -0.25) is 4.98 Å². The summed E-state index contributed by atoms with van der Waals surface area (Å²) in [7, 11) is 0.